The lowest BCUT2D eigenvalue weighted by Crippen LogP contribution is -2.16. The fraction of sp³-hybridized carbons (Fsp3) is 0.333. The van der Waals surface area contributed by atoms with Crippen LogP contribution in [0.25, 0.3) is 11.0 Å². The molecule has 1 aliphatic heterocycles. The second-order valence-electron chi connectivity index (χ2n) is 3.42. The predicted molar refractivity (Wildman–Crippen MR) is 54.1 cm³/mol. The zero-order valence-corrected chi connectivity index (χ0v) is 8.01. The maximum Gasteiger partial charge on any atom is 0.162 e. The largest absolute Gasteiger partial charge is 0.397 e. The molecule has 2 heterocycles. The van der Waals surface area contributed by atoms with E-state index >= 15 is 0 Å². The fourth-order valence-electron chi connectivity index (χ4n) is 1.71. The summed E-state index contributed by atoms with van der Waals surface area (Å²) in [6.07, 6.45) is 1.01. The summed E-state index contributed by atoms with van der Waals surface area (Å²) in [5.74, 6) is 0. The highest BCUT2D eigenvalue weighted by molar-refractivity contribution is 5.95. The van der Waals surface area contributed by atoms with E-state index in [1.807, 2.05) is 6.07 Å². The minimum atomic E-state index is 0.564. The molecule has 0 atom stereocenters. The van der Waals surface area contributed by atoms with Gasteiger partial charge in [-0.25, -0.2) is 4.63 Å². The van der Waals surface area contributed by atoms with Crippen molar-refractivity contribution in [2.24, 2.45) is 0 Å². The smallest absolute Gasteiger partial charge is 0.162 e. The summed E-state index contributed by atoms with van der Waals surface area (Å²) in [4.78, 5) is 5.44. The number of hydrogen-bond donors (Lipinski definition) is 1. The molecule has 2 aromatic rings. The Labute approximate surface area is 85.5 Å². The van der Waals surface area contributed by atoms with Gasteiger partial charge in [0.05, 0.1) is 18.0 Å². The van der Waals surface area contributed by atoms with Crippen molar-refractivity contribution in [3.8, 4) is 0 Å². The molecule has 1 aromatic carbocycles. The lowest BCUT2D eigenvalue weighted by atomic mass is 10.2. The molecule has 3 rings (SSSR count). The number of benzene rings is 1. The first-order valence-electron chi connectivity index (χ1n) is 4.77. The van der Waals surface area contributed by atoms with Crippen molar-refractivity contribution in [2.45, 2.75) is 6.42 Å². The first-order valence-corrected chi connectivity index (χ1v) is 4.77. The second kappa shape index (κ2) is 3.09. The molecular formula is C9H10N4O2. The van der Waals surface area contributed by atoms with E-state index < -0.39 is 0 Å². The molecule has 0 amide bonds. The van der Waals surface area contributed by atoms with E-state index in [2.05, 4.69) is 14.9 Å². The van der Waals surface area contributed by atoms with Gasteiger partial charge in [0, 0.05) is 6.54 Å². The lowest BCUT2D eigenvalue weighted by Gasteiger charge is -2.15. The van der Waals surface area contributed by atoms with Crippen molar-refractivity contribution < 1.29 is 9.47 Å². The summed E-state index contributed by atoms with van der Waals surface area (Å²) in [6.45, 7) is 1.59. The van der Waals surface area contributed by atoms with Crippen LogP contribution in [0.5, 0.6) is 0 Å². The molecule has 6 heteroatoms. The van der Waals surface area contributed by atoms with Gasteiger partial charge in [-0.05, 0) is 28.9 Å². The third-order valence-corrected chi connectivity index (χ3v) is 2.45. The number of aromatic nitrogens is 2. The molecule has 1 fully saturated rings. The van der Waals surface area contributed by atoms with Crippen molar-refractivity contribution in [1.82, 2.24) is 10.3 Å². The van der Waals surface area contributed by atoms with Gasteiger partial charge in [0.15, 0.2) is 11.0 Å². The molecule has 0 aliphatic carbocycles. The summed E-state index contributed by atoms with van der Waals surface area (Å²) in [7, 11) is 0. The molecule has 0 saturated carbocycles. The summed E-state index contributed by atoms with van der Waals surface area (Å²) < 4.78 is 4.68. The molecule has 1 aliphatic rings. The third-order valence-electron chi connectivity index (χ3n) is 2.45. The Balaban J connectivity index is 2.17. The van der Waals surface area contributed by atoms with Crippen LogP contribution in [0.3, 0.4) is 0 Å². The molecule has 0 spiro atoms. The Bertz CT molecular complexity index is 490. The highest BCUT2D eigenvalue weighted by Gasteiger charge is 2.19. The first-order chi connectivity index (χ1) is 7.36. The maximum atomic E-state index is 5.75. The van der Waals surface area contributed by atoms with Crippen molar-refractivity contribution in [1.29, 1.82) is 0 Å². The molecule has 6 nitrogen and oxygen atoms in total. The topological polar surface area (TPSA) is 77.4 Å². The van der Waals surface area contributed by atoms with E-state index in [1.54, 1.807) is 11.1 Å². The molecule has 1 saturated heterocycles. The van der Waals surface area contributed by atoms with Gasteiger partial charge in [0.25, 0.3) is 0 Å². The Kier molecular flexibility index (Phi) is 1.75. The van der Waals surface area contributed by atoms with Gasteiger partial charge in [-0.1, -0.05) is 0 Å². The first kappa shape index (κ1) is 8.49. The lowest BCUT2D eigenvalue weighted by molar-refractivity contribution is 0.168. The van der Waals surface area contributed by atoms with Crippen LogP contribution in [0.1, 0.15) is 6.42 Å². The molecule has 15 heavy (non-hydrogen) atoms. The molecule has 0 radical (unpaired) electrons. The molecule has 1 aromatic heterocycles. The predicted octanol–water partition coefficient (Wildman–Crippen LogP) is 0.947. The summed E-state index contributed by atoms with van der Waals surface area (Å²) in [5.41, 5.74) is 8.41. The van der Waals surface area contributed by atoms with Gasteiger partial charge in [-0.3, -0.25) is 9.90 Å². The maximum absolute atomic E-state index is 5.75. The van der Waals surface area contributed by atoms with Gasteiger partial charge in [-0.2, -0.15) is 0 Å². The van der Waals surface area contributed by atoms with E-state index in [0.717, 1.165) is 25.3 Å². The SMILES string of the molecule is Nc1ccc(N2CCCO2)c2nonc12. The van der Waals surface area contributed by atoms with Crippen LogP contribution < -0.4 is 10.8 Å². The van der Waals surface area contributed by atoms with Crippen LogP contribution in [0.15, 0.2) is 16.8 Å². The van der Waals surface area contributed by atoms with Gasteiger partial charge in [0.2, 0.25) is 0 Å². The molecule has 0 bridgehead atoms. The van der Waals surface area contributed by atoms with E-state index in [0.29, 0.717) is 16.7 Å². The summed E-state index contributed by atoms with van der Waals surface area (Å²) >= 11 is 0. The van der Waals surface area contributed by atoms with E-state index in [-0.39, 0.29) is 0 Å². The number of nitrogen functional groups attached to an aromatic ring is 1. The van der Waals surface area contributed by atoms with Gasteiger partial charge in [-0.15, -0.1) is 0 Å². The van der Waals surface area contributed by atoms with Crippen LogP contribution in [0, 0.1) is 0 Å². The fourth-order valence-corrected chi connectivity index (χ4v) is 1.71. The third kappa shape index (κ3) is 1.22. The average Bonchev–Trinajstić information content (AvgIpc) is 2.88. The van der Waals surface area contributed by atoms with Crippen LogP contribution in [-0.4, -0.2) is 23.5 Å². The van der Waals surface area contributed by atoms with E-state index in [1.165, 1.54) is 0 Å². The molecule has 0 unspecified atom stereocenters. The molecule has 78 valence electrons. The van der Waals surface area contributed by atoms with Crippen LogP contribution in [-0.2, 0) is 4.84 Å². The van der Waals surface area contributed by atoms with E-state index in [4.69, 9.17) is 10.6 Å². The highest BCUT2D eigenvalue weighted by atomic mass is 16.7. The highest BCUT2D eigenvalue weighted by Crippen LogP contribution is 2.29. The zero-order valence-electron chi connectivity index (χ0n) is 8.01. The summed E-state index contributed by atoms with van der Waals surface area (Å²) in [6, 6.07) is 3.65. The number of anilines is 2. The van der Waals surface area contributed by atoms with Gasteiger partial charge in [0.1, 0.15) is 0 Å². The van der Waals surface area contributed by atoms with Crippen LogP contribution in [0.4, 0.5) is 11.4 Å². The normalized spacial score (nSPS) is 16.4. The number of hydroxylamine groups is 1. The monoisotopic (exact) mass is 206 g/mol. The van der Waals surface area contributed by atoms with Crippen molar-refractivity contribution in [3.63, 3.8) is 0 Å². The Morgan fingerprint density at radius 1 is 1.27 bits per heavy atom. The number of fused-ring (bicyclic) bond motifs is 1. The standard InChI is InChI=1S/C9H10N4O2/c10-6-2-3-7(13-4-1-5-14-13)9-8(6)11-15-12-9/h2-3H,1,4-5,10H2. The van der Waals surface area contributed by atoms with E-state index in [9.17, 15) is 0 Å². The Morgan fingerprint density at radius 3 is 2.93 bits per heavy atom. The van der Waals surface area contributed by atoms with Crippen LogP contribution >= 0.6 is 0 Å². The quantitative estimate of drug-likeness (QED) is 0.700. The van der Waals surface area contributed by atoms with Gasteiger partial charge >= 0.3 is 0 Å². The average molecular weight is 206 g/mol. The van der Waals surface area contributed by atoms with Crippen molar-refractivity contribution in [3.05, 3.63) is 12.1 Å². The minimum Gasteiger partial charge on any atom is -0.397 e. The number of nitrogens with two attached hydrogens (primary N) is 1. The summed E-state index contributed by atoms with van der Waals surface area (Å²) in [5, 5.41) is 9.39. The number of nitrogens with zero attached hydrogens (tertiary/aromatic N) is 3. The second-order valence-corrected chi connectivity index (χ2v) is 3.42. The zero-order chi connectivity index (χ0) is 10.3. The van der Waals surface area contributed by atoms with Gasteiger partial charge < -0.3 is 5.73 Å². The molecular weight excluding hydrogens is 196 g/mol. The minimum absolute atomic E-state index is 0.564. The number of rotatable bonds is 1. The Hall–Kier alpha value is -1.82. The van der Waals surface area contributed by atoms with Crippen LogP contribution in [0.2, 0.25) is 0 Å². The number of hydrogen-bond acceptors (Lipinski definition) is 6. The molecule has 2 N–H and O–H groups in total. The van der Waals surface area contributed by atoms with Crippen molar-refractivity contribution >= 4 is 22.4 Å². The Morgan fingerprint density at radius 2 is 2.13 bits per heavy atom. The van der Waals surface area contributed by atoms with Crippen molar-refractivity contribution in [2.75, 3.05) is 23.9 Å².